The summed E-state index contributed by atoms with van der Waals surface area (Å²) in [4.78, 5) is 37.7. The second-order valence-electron chi connectivity index (χ2n) is 8.59. The van der Waals surface area contributed by atoms with Gasteiger partial charge in [-0.3, -0.25) is 4.79 Å². The first kappa shape index (κ1) is 27.3. The number of aromatic nitrogens is 3. The van der Waals surface area contributed by atoms with Gasteiger partial charge in [-0.25, -0.2) is 19.7 Å². The molecule has 0 saturated carbocycles. The predicted molar refractivity (Wildman–Crippen MR) is 130 cm³/mol. The Morgan fingerprint density at radius 3 is 2.61 bits per heavy atom. The minimum absolute atomic E-state index is 0.0600. The highest BCUT2D eigenvalue weighted by Crippen LogP contribution is 2.30. The third-order valence-electron chi connectivity index (χ3n) is 5.66. The van der Waals surface area contributed by atoms with Crippen molar-refractivity contribution in [3.8, 4) is 16.3 Å². The Bertz CT molecular complexity index is 1300. The Hall–Kier alpha value is -3.78. The van der Waals surface area contributed by atoms with Gasteiger partial charge in [-0.2, -0.15) is 13.2 Å². The molecule has 38 heavy (non-hydrogen) atoms. The van der Waals surface area contributed by atoms with Gasteiger partial charge in [0, 0.05) is 46.7 Å². The molecule has 1 aliphatic heterocycles. The van der Waals surface area contributed by atoms with Crippen molar-refractivity contribution in [3.63, 3.8) is 0 Å². The van der Waals surface area contributed by atoms with Crippen LogP contribution >= 0.6 is 11.3 Å². The Kier molecular flexibility index (Phi) is 8.11. The van der Waals surface area contributed by atoms with Crippen LogP contribution in [-0.4, -0.2) is 69.4 Å². The van der Waals surface area contributed by atoms with E-state index >= 15 is 0 Å². The number of halogens is 3. The van der Waals surface area contributed by atoms with E-state index < -0.39 is 36.1 Å². The first-order valence-electron chi connectivity index (χ1n) is 11.5. The summed E-state index contributed by atoms with van der Waals surface area (Å²) in [5.41, 5.74) is 1.17. The summed E-state index contributed by atoms with van der Waals surface area (Å²) in [6.45, 7) is 4.24. The molecule has 4 rings (SSSR count). The van der Waals surface area contributed by atoms with Gasteiger partial charge in [0.25, 0.3) is 5.91 Å². The normalized spacial score (nSPS) is 16.7. The van der Waals surface area contributed by atoms with Crippen LogP contribution in [0.25, 0.3) is 10.6 Å². The number of carbonyl (C=O) groups is 2. The van der Waals surface area contributed by atoms with E-state index in [1.807, 2.05) is 6.92 Å². The molecular weight excluding hydrogens is 527 g/mol. The van der Waals surface area contributed by atoms with Crippen molar-refractivity contribution in [2.75, 3.05) is 26.3 Å². The number of rotatable bonds is 7. The number of nitrogens with one attached hydrogen (secondary N) is 1. The van der Waals surface area contributed by atoms with Gasteiger partial charge in [-0.1, -0.05) is 0 Å². The van der Waals surface area contributed by atoms with Gasteiger partial charge >= 0.3 is 12.3 Å². The molecule has 0 radical (unpaired) electrons. The molecule has 2 atom stereocenters. The molecule has 0 unspecified atom stereocenters. The van der Waals surface area contributed by atoms with Crippen molar-refractivity contribution < 1.29 is 37.3 Å². The van der Waals surface area contributed by atoms with Gasteiger partial charge in [-0.05, 0) is 32.0 Å². The highest BCUT2D eigenvalue weighted by atomic mass is 32.1. The summed E-state index contributed by atoms with van der Waals surface area (Å²) >= 11 is 1.43. The molecule has 1 fully saturated rings. The van der Waals surface area contributed by atoms with Crippen LogP contribution in [0.5, 0.6) is 5.75 Å². The first-order valence-corrected chi connectivity index (χ1v) is 12.3. The zero-order valence-corrected chi connectivity index (χ0v) is 21.2. The van der Waals surface area contributed by atoms with E-state index in [4.69, 9.17) is 9.47 Å². The lowest BCUT2D eigenvalue weighted by atomic mass is 10.1. The molecule has 1 saturated heterocycles. The molecule has 2 aromatic heterocycles. The Labute approximate surface area is 219 Å². The topological polar surface area (TPSA) is 127 Å². The number of amides is 2. The fourth-order valence-corrected chi connectivity index (χ4v) is 4.43. The number of thiazole rings is 1. The monoisotopic (exact) mass is 551 g/mol. The van der Waals surface area contributed by atoms with E-state index in [-0.39, 0.29) is 31.9 Å². The lowest BCUT2D eigenvalue weighted by Crippen LogP contribution is -2.47. The summed E-state index contributed by atoms with van der Waals surface area (Å²) in [5, 5.41) is 12.6. The van der Waals surface area contributed by atoms with Gasteiger partial charge in [0.05, 0.1) is 19.2 Å². The fraction of sp³-hybridized carbons (Fsp3) is 0.375. The second-order valence-corrected chi connectivity index (χ2v) is 9.82. The van der Waals surface area contributed by atoms with Gasteiger partial charge < -0.3 is 24.8 Å². The van der Waals surface area contributed by atoms with Crippen molar-refractivity contribution >= 4 is 23.3 Å². The molecule has 2 N–H and O–H groups in total. The van der Waals surface area contributed by atoms with E-state index in [0.717, 1.165) is 17.3 Å². The van der Waals surface area contributed by atoms with Crippen molar-refractivity contribution in [2.45, 2.75) is 32.2 Å². The zero-order valence-electron chi connectivity index (χ0n) is 20.4. The number of hydrogen-bond acceptors (Lipinski definition) is 8. The molecule has 3 aromatic rings. The van der Waals surface area contributed by atoms with E-state index in [1.54, 1.807) is 25.3 Å². The Morgan fingerprint density at radius 2 is 1.97 bits per heavy atom. The minimum Gasteiger partial charge on any atom is -0.491 e. The van der Waals surface area contributed by atoms with Crippen LogP contribution in [0.4, 0.5) is 18.0 Å². The van der Waals surface area contributed by atoms with Crippen molar-refractivity contribution in [3.05, 3.63) is 58.6 Å². The summed E-state index contributed by atoms with van der Waals surface area (Å²) in [7, 11) is 0. The van der Waals surface area contributed by atoms with Gasteiger partial charge in [0.1, 0.15) is 23.5 Å². The van der Waals surface area contributed by atoms with E-state index in [1.165, 1.54) is 22.3 Å². The highest BCUT2D eigenvalue weighted by Gasteiger charge is 2.34. The summed E-state index contributed by atoms with van der Waals surface area (Å²) in [6, 6.07) is 4.20. The molecule has 14 heteroatoms. The number of nitrogens with zero attached hydrogens (tertiary/aromatic N) is 4. The average Bonchev–Trinajstić information content (AvgIpc) is 3.33. The van der Waals surface area contributed by atoms with Crippen LogP contribution < -0.4 is 10.1 Å². The number of aryl methyl sites for hydroxylation is 1. The quantitative estimate of drug-likeness (QED) is 0.448. The first-order chi connectivity index (χ1) is 18.0. The number of carboxylic acid groups (broad SMARTS) is 1. The fourth-order valence-electron chi connectivity index (χ4n) is 3.68. The number of hydrogen-bond donors (Lipinski definition) is 2. The number of ether oxygens (including phenoxy) is 2. The predicted octanol–water partition coefficient (Wildman–Crippen LogP) is 4.18. The minimum atomic E-state index is -4.66. The van der Waals surface area contributed by atoms with E-state index in [0.29, 0.717) is 21.9 Å². The third kappa shape index (κ3) is 6.75. The van der Waals surface area contributed by atoms with Crippen LogP contribution in [0.2, 0.25) is 0 Å². The van der Waals surface area contributed by atoms with Crippen LogP contribution in [-0.2, 0) is 10.9 Å². The third-order valence-corrected chi connectivity index (χ3v) is 6.62. The maximum atomic E-state index is 13.1. The van der Waals surface area contributed by atoms with Crippen LogP contribution in [0.3, 0.4) is 0 Å². The zero-order chi connectivity index (χ0) is 27.4. The summed E-state index contributed by atoms with van der Waals surface area (Å²) < 4.78 is 49.8. The SMILES string of the molecule is Cc1cnc(-c2cc(OC[C@H]3CN(C(=O)O)CCO3)cc(C(=O)N[C@H](C)c3cnc(C(F)(F)F)nc3)c2)s1. The molecule has 10 nitrogen and oxygen atoms in total. The van der Waals surface area contributed by atoms with Crippen LogP contribution in [0.15, 0.2) is 36.8 Å². The van der Waals surface area contributed by atoms with E-state index in [9.17, 15) is 27.9 Å². The van der Waals surface area contributed by atoms with Crippen molar-refractivity contribution in [2.24, 2.45) is 0 Å². The number of carbonyl (C=O) groups excluding carboxylic acids is 1. The van der Waals surface area contributed by atoms with Gasteiger partial charge in [0.2, 0.25) is 5.82 Å². The van der Waals surface area contributed by atoms with Crippen LogP contribution in [0, 0.1) is 6.92 Å². The number of morpholine rings is 1. The average molecular weight is 552 g/mol. The molecule has 0 spiro atoms. The summed E-state index contributed by atoms with van der Waals surface area (Å²) in [5.74, 6) is -1.41. The number of benzene rings is 1. The maximum absolute atomic E-state index is 13.1. The molecule has 1 aliphatic rings. The Balaban J connectivity index is 1.52. The number of alkyl halides is 3. The van der Waals surface area contributed by atoms with Gasteiger partial charge in [0.15, 0.2) is 0 Å². The summed E-state index contributed by atoms with van der Waals surface area (Å²) in [6.07, 6.45) is -2.43. The standard InChI is InChI=1S/C24H24F3N5O5S/c1-13-8-28-21(38-13)16-5-15(6-18(7-16)37-12-19-11-32(23(34)35)3-4-36-19)20(33)31-14(2)17-9-29-22(30-10-17)24(25,26)27/h5-10,14,19H,3-4,11-12H2,1-2H3,(H,31,33)(H,34,35)/t14-,19-/m1/s1. The molecule has 202 valence electrons. The maximum Gasteiger partial charge on any atom is 0.451 e. The van der Waals surface area contributed by atoms with Crippen molar-refractivity contribution in [1.29, 1.82) is 0 Å². The molecule has 2 amide bonds. The molecule has 3 heterocycles. The smallest absolute Gasteiger partial charge is 0.451 e. The molecule has 0 aliphatic carbocycles. The highest BCUT2D eigenvalue weighted by molar-refractivity contribution is 7.14. The lowest BCUT2D eigenvalue weighted by Gasteiger charge is -2.30. The van der Waals surface area contributed by atoms with Gasteiger partial charge in [-0.15, -0.1) is 11.3 Å². The largest absolute Gasteiger partial charge is 0.491 e. The lowest BCUT2D eigenvalue weighted by molar-refractivity contribution is -0.145. The van der Waals surface area contributed by atoms with Crippen molar-refractivity contribution in [1.82, 2.24) is 25.2 Å². The molecule has 1 aromatic carbocycles. The Morgan fingerprint density at radius 1 is 1.24 bits per heavy atom. The molecular formula is C24H24F3N5O5S. The van der Waals surface area contributed by atoms with Crippen LogP contribution in [0.1, 0.15) is 39.6 Å². The second kappa shape index (κ2) is 11.3. The van der Waals surface area contributed by atoms with E-state index in [2.05, 4.69) is 20.3 Å². The molecule has 0 bridgehead atoms.